The van der Waals surface area contributed by atoms with Gasteiger partial charge in [-0.05, 0) is 36.8 Å². The molecule has 2 atom stereocenters. The summed E-state index contributed by atoms with van der Waals surface area (Å²) >= 11 is 0. The van der Waals surface area contributed by atoms with Crippen LogP contribution in [0.3, 0.4) is 0 Å². The van der Waals surface area contributed by atoms with Gasteiger partial charge in [0, 0.05) is 5.71 Å². The number of benzene rings is 1. The van der Waals surface area contributed by atoms with Gasteiger partial charge in [0.1, 0.15) is 6.54 Å². The van der Waals surface area contributed by atoms with E-state index >= 15 is 0 Å². The molecule has 1 aromatic heterocycles. The van der Waals surface area contributed by atoms with Crippen molar-refractivity contribution in [1.82, 2.24) is 15.0 Å². The number of nitrogens with one attached hydrogen (secondary N) is 1. The lowest BCUT2D eigenvalue weighted by Crippen LogP contribution is -2.30. The third-order valence-electron chi connectivity index (χ3n) is 4.44. The summed E-state index contributed by atoms with van der Waals surface area (Å²) in [6, 6.07) is 7.80. The molecule has 1 fully saturated rings. The van der Waals surface area contributed by atoms with Crippen LogP contribution in [-0.2, 0) is 11.3 Å². The Kier molecular flexibility index (Phi) is 4.22. The highest BCUT2D eigenvalue weighted by atomic mass is 16.2. The fourth-order valence-corrected chi connectivity index (χ4v) is 3.19. The van der Waals surface area contributed by atoms with Crippen LogP contribution in [0.15, 0.2) is 35.7 Å². The van der Waals surface area contributed by atoms with E-state index in [1.54, 1.807) is 6.33 Å². The lowest BCUT2D eigenvalue weighted by molar-refractivity contribution is -0.121. The molecular weight excluding hydrogens is 276 g/mol. The highest BCUT2D eigenvalue weighted by Gasteiger charge is 2.23. The molecule has 0 aliphatic heterocycles. The Balaban J connectivity index is 1.67. The smallest absolute Gasteiger partial charge is 0.260 e. The minimum Gasteiger partial charge on any atom is -0.321 e. The average Bonchev–Trinajstić information content (AvgIpc) is 2.90. The molecule has 5 heteroatoms. The first kappa shape index (κ1) is 14.8. The third kappa shape index (κ3) is 3.03. The van der Waals surface area contributed by atoms with Crippen molar-refractivity contribution in [2.75, 3.05) is 0 Å². The first-order chi connectivity index (χ1) is 10.6. The second kappa shape index (κ2) is 6.30. The number of hydrogen-bond acceptors (Lipinski definition) is 3. The summed E-state index contributed by atoms with van der Waals surface area (Å²) in [5, 5.41) is 4.39. The maximum Gasteiger partial charge on any atom is 0.260 e. The summed E-state index contributed by atoms with van der Waals surface area (Å²) in [6.07, 6.45) is 5.26. The van der Waals surface area contributed by atoms with Crippen LogP contribution in [0.2, 0.25) is 0 Å². The Labute approximate surface area is 130 Å². The molecule has 1 N–H and O–H groups in total. The molecule has 22 heavy (non-hydrogen) atoms. The fourth-order valence-electron chi connectivity index (χ4n) is 3.19. The molecule has 3 rings (SSSR count). The zero-order chi connectivity index (χ0) is 15.5. The van der Waals surface area contributed by atoms with E-state index in [0.717, 1.165) is 29.6 Å². The molecule has 0 radical (unpaired) electrons. The van der Waals surface area contributed by atoms with Gasteiger partial charge >= 0.3 is 0 Å². The van der Waals surface area contributed by atoms with Crippen molar-refractivity contribution in [3.05, 3.63) is 30.6 Å². The van der Waals surface area contributed by atoms with Crippen molar-refractivity contribution in [2.45, 2.75) is 39.7 Å². The van der Waals surface area contributed by atoms with E-state index in [1.807, 2.05) is 28.8 Å². The van der Waals surface area contributed by atoms with Gasteiger partial charge in [0.25, 0.3) is 5.91 Å². The Morgan fingerprint density at radius 2 is 2.05 bits per heavy atom. The number of hydrazone groups is 1. The largest absolute Gasteiger partial charge is 0.321 e. The predicted octanol–water partition coefficient (Wildman–Crippen LogP) is 2.96. The number of para-hydroxylation sites is 2. The van der Waals surface area contributed by atoms with Gasteiger partial charge in [-0.1, -0.05) is 32.4 Å². The Morgan fingerprint density at radius 1 is 1.32 bits per heavy atom. The van der Waals surface area contributed by atoms with Gasteiger partial charge < -0.3 is 4.57 Å². The summed E-state index contributed by atoms with van der Waals surface area (Å²) in [4.78, 5) is 16.4. The average molecular weight is 298 g/mol. The molecule has 1 heterocycles. The summed E-state index contributed by atoms with van der Waals surface area (Å²) < 4.78 is 1.85. The Hall–Kier alpha value is -2.17. The van der Waals surface area contributed by atoms with Crippen LogP contribution in [0.25, 0.3) is 11.0 Å². The second-order valence-electron chi connectivity index (χ2n) is 6.17. The minimum atomic E-state index is -0.111. The van der Waals surface area contributed by atoms with Crippen LogP contribution in [0.5, 0.6) is 0 Å². The maximum atomic E-state index is 12.1. The standard InChI is InChI=1S/C17H22N4O/c1-12-6-5-7-13(2)17(12)20-19-16(22)10-21-11-18-14-8-3-4-9-15(14)21/h3-4,8-9,11-13H,5-7,10H2,1-2H3,(H,19,22)/t12-,13+. The highest BCUT2D eigenvalue weighted by molar-refractivity contribution is 5.90. The van der Waals surface area contributed by atoms with Gasteiger partial charge in [0.15, 0.2) is 0 Å². The van der Waals surface area contributed by atoms with Gasteiger partial charge in [0.2, 0.25) is 0 Å². The molecule has 5 nitrogen and oxygen atoms in total. The van der Waals surface area contributed by atoms with Crippen LogP contribution in [0.4, 0.5) is 0 Å². The lowest BCUT2D eigenvalue weighted by Gasteiger charge is -2.26. The molecule has 2 aromatic rings. The zero-order valence-electron chi connectivity index (χ0n) is 13.1. The van der Waals surface area contributed by atoms with E-state index in [-0.39, 0.29) is 12.5 Å². The summed E-state index contributed by atoms with van der Waals surface area (Å²) in [6.45, 7) is 4.61. The summed E-state index contributed by atoms with van der Waals surface area (Å²) in [5.74, 6) is 0.803. The molecule has 0 spiro atoms. The number of fused-ring (bicyclic) bond motifs is 1. The van der Waals surface area contributed by atoms with E-state index in [1.165, 1.54) is 6.42 Å². The number of nitrogens with zero attached hydrogens (tertiary/aromatic N) is 3. The van der Waals surface area contributed by atoms with Crippen LogP contribution >= 0.6 is 0 Å². The van der Waals surface area contributed by atoms with E-state index < -0.39 is 0 Å². The van der Waals surface area contributed by atoms with E-state index in [2.05, 4.69) is 29.4 Å². The first-order valence-electron chi connectivity index (χ1n) is 7.91. The van der Waals surface area contributed by atoms with Crippen molar-refractivity contribution < 1.29 is 4.79 Å². The second-order valence-corrected chi connectivity index (χ2v) is 6.17. The monoisotopic (exact) mass is 298 g/mol. The minimum absolute atomic E-state index is 0.111. The molecule has 0 saturated heterocycles. The molecule has 1 aromatic carbocycles. The van der Waals surface area contributed by atoms with Crippen molar-refractivity contribution >= 4 is 22.7 Å². The van der Waals surface area contributed by atoms with Crippen LogP contribution < -0.4 is 5.43 Å². The van der Waals surface area contributed by atoms with Crippen molar-refractivity contribution in [3.63, 3.8) is 0 Å². The predicted molar refractivity (Wildman–Crippen MR) is 87.5 cm³/mol. The Morgan fingerprint density at radius 3 is 2.82 bits per heavy atom. The topological polar surface area (TPSA) is 59.3 Å². The Bertz CT molecular complexity index is 692. The molecule has 1 saturated carbocycles. The van der Waals surface area contributed by atoms with E-state index in [9.17, 15) is 4.79 Å². The zero-order valence-corrected chi connectivity index (χ0v) is 13.1. The normalized spacial score (nSPS) is 23.8. The fraction of sp³-hybridized carbons (Fsp3) is 0.471. The van der Waals surface area contributed by atoms with Gasteiger partial charge in [-0.25, -0.2) is 10.4 Å². The van der Waals surface area contributed by atoms with Gasteiger partial charge in [-0.2, -0.15) is 5.10 Å². The number of amides is 1. The maximum absolute atomic E-state index is 12.1. The van der Waals surface area contributed by atoms with Crippen molar-refractivity contribution in [1.29, 1.82) is 0 Å². The quantitative estimate of drug-likeness (QED) is 0.886. The number of hydrogen-bond donors (Lipinski definition) is 1. The van der Waals surface area contributed by atoms with Crippen LogP contribution in [-0.4, -0.2) is 21.2 Å². The number of rotatable bonds is 3. The van der Waals surface area contributed by atoms with E-state index in [4.69, 9.17) is 0 Å². The molecule has 116 valence electrons. The SMILES string of the molecule is C[C@@H]1CCC[C@H](C)C1=NNC(=O)Cn1cnc2ccccc21. The molecular formula is C17H22N4O. The van der Waals surface area contributed by atoms with Gasteiger partial charge in [-0.15, -0.1) is 0 Å². The van der Waals surface area contributed by atoms with E-state index in [0.29, 0.717) is 11.8 Å². The van der Waals surface area contributed by atoms with Crippen LogP contribution in [0.1, 0.15) is 33.1 Å². The van der Waals surface area contributed by atoms with Gasteiger partial charge in [0.05, 0.1) is 17.4 Å². The number of aromatic nitrogens is 2. The summed E-state index contributed by atoms with van der Waals surface area (Å²) in [7, 11) is 0. The third-order valence-corrected chi connectivity index (χ3v) is 4.44. The number of carbonyl (C=O) groups excluding carboxylic acids is 1. The highest BCUT2D eigenvalue weighted by Crippen LogP contribution is 2.25. The molecule has 0 bridgehead atoms. The van der Waals surface area contributed by atoms with Crippen molar-refractivity contribution in [2.24, 2.45) is 16.9 Å². The molecule has 0 unspecified atom stereocenters. The number of carbonyl (C=O) groups is 1. The van der Waals surface area contributed by atoms with Crippen LogP contribution in [0, 0.1) is 11.8 Å². The molecule has 1 amide bonds. The number of imidazole rings is 1. The lowest BCUT2D eigenvalue weighted by atomic mass is 9.81. The van der Waals surface area contributed by atoms with Crippen molar-refractivity contribution in [3.8, 4) is 0 Å². The molecule has 1 aliphatic carbocycles. The first-order valence-corrected chi connectivity index (χ1v) is 7.91. The van der Waals surface area contributed by atoms with Gasteiger partial charge in [-0.3, -0.25) is 4.79 Å². The summed E-state index contributed by atoms with van der Waals surface area (Å²) in [5.41, 5.74) is 5.70. The molecule has 1 aliphatic rings.